The summed E-state index contributed by atoms with van der Waals surface area (Å²) in [5.41, 5.74) is 0. The largest absolute Gasteiger partial charge is 0.274 e. The SMILES string of the molecule is C=CCCCS(=O)(=O)N1C(=O)CC1C=C. The van der Waals surface area contributed by atoms with Crippen LogP contribution in [0.2, 0.25) is 0 Å². The van der Waals surface area contributed by atoms with E-state index in [1.165, 1.54) is 6.08 Å². The predicted octanol–water partition coefficient (Wildman–Crippen LogP) is 1.07. The topological polar surface area (TPSA) is 54.5 Å². The molecule has 1 heterocycles. The third kappa shape index (κ3) is 2.47. The number of β-lactam (4-membered cyclic amide) rings is 1. The molecule has 1 saturated heterocycles. The van der Waals surface area contributed by atoms with E-state index in [9.17, 15) is 13.2 Å². The molecule has 1 amide bonds. The van der Waals surface area contributed by atoms with Crippen molar-refractivity contribution in [1.82, 2.24) is 4.31 Å². The maximum absolute atomic E-state index is 11.7. The van der Waals surface area contributed by atoms with Crippen molar-refractivity contribution in [3.8, 4) is 0 Å². The molecule has 0 N–H and O–H groups in total. The molecule has 1 fully saturated rings. The normalized spacial score (nSPS) is 20.9. The van der Waals surface area contributed by atoms with Crippen LogP contribution in [-0.2, 0) is 14.8 Å². The van der Waals surface area contributed by atoms with Crippen LogP contribution in [-0.4, -0.2) is 30.4 Å². The first-order chi connectivity index (χ1) is 7.03. The van der Waals surface area contributed by atoms with Crippen LogP contribution in [0.1, 0.15) is 19.3 Å². The molecule has 0 aromatic heterocycles. The Bertz CT molecular complexity index is 372. The number of carbonyl (C=O) groups is 1. The molecule has 1 unspecified atom stereocenters. The van der Waals surface area contributed by atoms with Crippen molar-refractivity contribution in [3.63, 3.8) is 0 Å². The van der Waals surface area contributed by atoms with Crippen molar-refractivity contribution in [2.45, 2.75) is 25.3 Å². The fourth-order valence-corrected chi connectivity index (χ4v) is 3.16. The van der Waals surface area contributed by atoms with Crippen molar-refractivity contribution in [2.24, 2.45) is 0 Å². The molecular formula is C10H15NO3S. The highest BCUT2D eigenvalue weighted by atomic mass is 32.2. The van der Waals surface area contributed by atoms with E-state index >= 15 is 0 Å². The van der Waals surface area contributed by atoms with E-state index in [1.807, 2.05) is 0 Å². The first-order valence-electron chi connectivity index (χ1n) is 4.81. The Morgan fingerprint density at radius 3 is 2.60 bits per heavy atom. The maximum atomic E-state index is 11.7. The Morgan fingerprint density at radius 1 is 1.47 bits per heavy atom. The number of hydrogen-bond donors (Lipinski definition) is 0. The van der Waals surface area contributed by atoms with E-state index in [-0.39, 0.29) is 24.1 Å². The number of sulfonamides is 1. The lowest BCUT2D eigenvalue weighted by molar-refractivity contribution is -0.135. The number of unbranched alkanes of at least 4 members (excludes halogenated alkanes) is 1. The van der Waals surface area contributed by atoms with Gasteiger partial charge in [-0.15, -0.1) is 13.2 Å². The summed E-state index contributed by atoms with van der Waals surface area (Å²) in [6, 6.07) is -0.341. The Morgan fingerprint density at radius 2 is 2.13 bits per heavy atom. The Balaban J connectivity index is 2.64. The quantitative estimate of drug-likeness (QED) is 0.389. The second-order valence-corrected chi connectivity index (χ2v) is 5.41. The van der Waals surface area contributed by atoms with Crippen LogP contribution in [0.4, 0.5) is 0 Å². The number of allylic oxidation sites excluding steroid dienone is 1. The van der Waals surface area contributed by atoms with Gasteiger partial charge in [0, 0.05) is 0 Å². The third-order valence-electron chi connectivity index (χ3n) is 2.31. The van der Waals surface area contributed by atoms with Gasteiger partial charge in [-0.05, 0) is 12.8 Å². The van der Waals surface area contributed by atoms with Gasteiger partial charge >= 0.3 is 0 Å². The number of rotatable bonds is 6. The molecule has 1 aliphatic rings. The smallest absolute Gasteiger partial charge is 0.239 e. The highest BCUT2D eigenvalue weighted by molar-refractivity contribution is 7.89. The molecule has 5 heteroatoms. The number of amides is 1. The minimum absolute atomic E-state index is 0.00486. The van der Waals surface area contributed by atoms with E-state index in [2.05, 4.69) is 13.2 Å². The monoisotopic (exact) mass is 229 g/mol. The molecule has 1 atom stereocenters. The van der Waals surface area contributed by atoms with Gasteiger partial charge in [0.2, 0.25) is 15.9 Å². The third-order valence-corrected chi connectivity index (χ3v) is 4.19. The molecule has 0 aliphatic carbocycles. The highest BCUT2D eigenvalue weighted by Gasteiger charge is 2.41. The number of nitrogens with zero attached hydrogens (tertiary/aromatic N) is 1. The second kappa shape index (κ2) is 4.61. The van der Waals surface area contributed by atoms with E-state index in [4.69, 9.17) is 0 Å². The Hall–Kier alpha value is -1.10. The molecule has 1 rings (SSSR count). The summed E-state index contributed by atoms with van der Waals surface area (Å²) < 4.78 is 24.3. The van der Waals surface area contributed by atoms with E-state index < -0.39 is 10.0 Å². The van der Waals surface area contributed by atoms with E-state index in [0.29, 0.717) is 12.8 Å². The van der Waals surface area contributed by atoms with Crippen LogP contribution in [0, 0.1) is 0 Å². The van der Waals surface area contributed by atoms with Crippen molar-refractivity contribution in [1.29, 1.82) is 0 Å². The molecular weight excluding hydrogens is 214 g/mol. The zero-order chi connectivity index (χ0) is 11.5. The van der Waals surface area contributed by atoms with Gasteiger partial charge in [0.1, 0.15) is 0 Å². The molecule has 0 bridgehead atoms. The average Bonchev–Trinajstić information content (AvgIpc) is 2.13. The van der Waals surface area contributed by atoms with Crippen LogP contribution >= 0.6 is 0 Å². The lowest BCUT2D eigenvalue weighted by Crippen LogP contribution is -2.55. The molecule has 0 aromatic rings. The van der Waals surface area contributed by atoms with Gasteiger partial charge in [0.25, 0.3) is 0 Å². The van der Waals surface area contributed by atoms with Gasteiger partial charge < -0.3 is 0 Å². The van der Waals surface area contributed by atoms with Gasteiger partial charge in [-0.3, -0.25) is 4.79 Å². The van der Waals surface area contributed by atoms with Crippen molar-refractivity contribution in [3.05, 3.63) is 25.3 Å². The summed E-state index contributed by atoms with van der Waals surface area (Å²) in [7, 11) is -3.44. The maximum Gasteiger partial charge on any atom is 0.239 e. The molecule has 0 spiro atoms. The Labute approximate surface area is 90.3 Å². The van der Waals surface area contributed by atoms with Crippen LogP contribution in [0.3, 0.4) is 0 Å². The lowest BCUT2D eigenvalue weighted by Gasteiger charge is -2.37. The minimum atomic E-state index is -3.44. The molecule has 0 aromatic carbocycles. The summed E-state index contributed by atoms with van der Waals surface area (Å²) in [5, 5.41) is 0. The first-order valence-corrected chi connectivity index (χ1v) is 6.42. The number of hydrogen-bond acceptors (Lipinski definition) is 3. The molecule has 4 nitrogen and oxygen atoms in total. The van der Waals surface area contributed by atoms with Gasteiger partial charge in [0.15, 0.2) is 0 Å². The second-order valence-electron chi connectivity index (χ2n) is 3.44. The van der Waals surface area contributed by atoms with Gasteiger partial charge in [0.05, 0.1) is 18.2 Å². The van der Waals surface area contributed by atoms with Crippen LogP contribution in [0.25, 0.3) is 0 Å². The highest BCUT2D eigenvalue weighted by Crippen LogP contribution is 2.24. The molecule has 15 heavy (non-hydrogen) atoms. The molecule has 0 radical (unpaired) electrons. The number of carbonyl (C=O) groups excluding carboxylic acids is 1. The molecule has 84 valence electrons. The standard InChI is InChI=1S/C10H15NO3S/c1-3-5-6-7-15(13,14)11-9(4-2)8-10(11)12/h3-4,9H,1-2,5-8H2. The minimum Gasteiger partial charge on any atom is -0.274 e. The summed E-state index contributed by atoms with van der Waals surface area (Å²) in [6.45, 7) is 7.02. The van der Waals surface area contributed by atoms with Gasteiger partial charge in [-0.1, -0.05) is 12.2 Å². The summed E-state index contributed by atoms with van der Waals surface area (Å²) in [6.07, 6.45) is 4.55. The summed E-state index contributed by atoms with van der Waals surface area (Å²) >= 11 is 0. The van der Waals surface area contributed by atoms with Crippen molar-refractivity contribution >= 4 is 15.9 Å². The van der Waals surface area contributed by atoms with Crippen LogP contribution in [0.5, 0.6) is 0 Å². The Kier molecular flexibility index (Phi) is 3.68. The van der Waals surface area contributed by atoms with Gasteiger partial charge in [-0.2, -0.15) is 0 Å². The molecule has 1 aliphatic heterocycles. The predicted molar refractivity (Wildman–Crippen MR) is 58.7 cm³/mol. The van der Waals surface area contributed by atoms with E-state index in [0.717, 1.165) is 4.31 Å². The fourth-order valence-electron chi connectivity index (χ4n) is 1.47. The van der Waals surface area contributed by atoms with Crippen LogP contribution in [0.15, 0.2) is 25.3 Å². The zero-order valence-electron chi connectivity index (χ0n) is 8.55. The lowest BCUT2D eigenvalue weighted by atomic mass is 10.1. The zero-order valence-corrected chi connectivity index (χ0v) is 9.37. The van der Waals surface area contributed by atoms with Crippen molar-refractivity contribution < 1.29 is 13.2 Å². The summed E-state index contributed by atoms with van der Waals surface area (Å²) in [4.78, 5) is 11.2. The summed E-state index contributed by atoms with van der Waals surface area (Å²) in [5.74, 6) is -0.340. The first kappa shape index (κ1) is 12.0. The van der Waals surface area contributed by atoms with Crippen molar-refractivity contribution in [2.75, 3.05) is 5.75 Å². The average molecular weight is 229 g/mol. The van der Waals surface area contributed by atoms with E-state index in [1.54, 1.807) is 6.08 Å². The fraction of sp³-hybridized carbons (Fsp3) is 0.500. The molecule has 0 saturated carbocycles. The van der Waals surface area contributed by atoms with Gasteiger partial charge in [-0.25, -0.2) is 12.7 Å². The van der Waals surface area contributed by atoms with Crippen LogP contribution < -0.4 is 0 Å².